The van der Waals surface area contributed by atoms with E-state index in [4.69, 9.17) is 21.3 Å². The second-order valence-electron chi connectivity index (χ2n) is 16.8. The Bertz CT molecular complexity index is 1450. The van der Waals surface area contributed by atoms with Gasteiger partial charge in [-0.2, -0.15) is 0 Å². The minimum absolute atomic E-state index is 0.0237. The number of benzene rings is 1. The van der Waals surface area contributed by atoms with Crippen LogP contribution in [0, 0.1) is 11.3 Å². The number of fused-ring (bicyclic) bond motifs is 2. The second kappa shape index (κ2) is 14.8. The zero-order valence-electron chi connectivity index (χ0n) is 30.3. The van der Waals surface area contributed by atoms with Gasteiger partial charge in [0.25, 0.3) is 0 Å². The third-order valence-corrected chi connectivity index (χ3v) is 11.8. The summed E-state index contributed by atoms with van der Waals surface area (Å²) in [5.74, 6) is 0.579. The van der Waals surface area contributed by atoms with Gasteiger partial charge in [0.1, 0.15) is 5.60 Å². The summed E-state index contributed by atoms with van der Waals surface area (Å²) in [6.07, 6.45) is 8.09. The molecule has 268 valence electrons. The molecule has 2 aromatic rings. The van der Waals surface area contributed by atoms with Gasteiger partial charge in [0, 0.05) is 80.0 Å². The molecule has 49 heavy (non-hydrogen) atoms. The molecule has 0 bridgehead atoms. The lowest BCUT2D eigenvalue weighted by molar-refractivity contribution is -0.142. The van der Waals surface area contributed by atoms with E-state index in [1.54, 1.807) is 4.90 Å². The Hall–Kier alpha value is -2.20. The van der Waals surface area contributed by atoms with E-state index < -0.39 is 5.60 Å². The number of carbonyl (C=O) groups excluding carboxylic acids is 2. The zero-order valence-corrected chi connectivity index (χ0v) is 32.7. The van der Waals surface area contributed by atoms with Crippen LogP contribution in [0.4, 0.5) is 4.79 Å². The zero-order chi connectivity index (χ0) is 35.1. The summed E-state index contributed by atoms with van der Waals surface area (Å²) in [5, 5.41) is 0.797. The molecule has 1 aromatic carbocycles. The first kappa shape index (κ1) is 36.6. The maximum atomic E-state index is 13.9. The van der Waals surface area contributed by atoms with Crippen molar-refractivity contribution in [2.75, 3.05) is 45.8 Å². The lowest BCUT2D eigenvalue weighted by Gasteiger charge is -2.51. The van der Waals surface area contributed by atoms with Gasteiger partial charge < -0.3 is 14.5 Å². The molecular formula is C39H55BrClN5O3. The molecule has 2 amide bonds. The number of aryl methyl sites for hydroxylation is 2. The number of rotatable bonds is 4. The molecule has 0 saturated carbocycles. The molecule has 1 aliphatic carbocycles. The van der Waals surface area contributed by atoms with Crippen molar-refractivity contribution in [2.45, 2.75) is 110 Å². The predicted octanol–water partition coefficient (Wildman–Crippen LogP) is 7.75. The first-order valence-electron chi connectivity index (χ1n) is 18.3. The van der Waals surface area contributed by atoms with Crippen LogP contribution in [0.25, 0.3) is 0 Å². The fourth-order valence-corrected chi connectivity index (χ4v) is 9.05. The number of piperazine rings is 1. The topological polar surface area (TPSA) is 69.2 Å². The number of nitrogens with zero attached hydrogens (tertiary/aromatic N) is 5. The molecule has 4 heterocycles. The van der Waals surface area contributed by atoms with Crippen LogP contribution >= 0.6 is 27.5 Å². The molecule has 1 unspecified atom stereocenters. The lowest BCUT2D eigenvalue weighted by atomic mass is 9.82. The molecule has 3 aliphatic heterocycles. The summed E-state index contributed by atoms with van der Waals surface area (Å²) in [4.78, 5) is 40.7. The van der Waals surface area contributed by atoms with Crippen molar-refractivity contribution in [1.82, 2.24) is 24.6 Å². The molecule has 6 rings (SSSR count). The van der Waals surface area contributed by atoms with Crippen molar-refractivity contribution in [1.29, 1.82) is 0 Å². The van der Waals surface area contributed by atoms with Gasteiger partial charge in [-0.25, -0.2) is 4.79 Å². The largest absolute Gasteiger partial charge is 0.444 e. The standard InChI is InChI=1S/C39H55BrClN5O3/c1-38(2,3)33-25-45(19-20-46(33)34(47)21-26-11-15-44(16-12-26)37(48)49-39(4,5)6)31-13-17-43(18-14-31)36-32-10-9-30(41)23-27(32)7-8-28-22-29(40)24-42-35(28)36/h9-10,22-24,26,31,33,36H,7-8,11-21,25H2,1-6H3/t33-,36?/m1/s1. The molecule has 1 aromatic heterocycles. The fraction of sp³-hybridized carbons (Fsp3) is 0.667. The van der Waals surface area contributed by atoms with E-state index in [1.807, 2.05) is 33.0 Å². The number of carbonyl (C=O) groups is 2. The van der Waals surface area contributed by atoms with Crippen molar-refractivity contribution in [2.24, 2.45) is 11.3 Å². The summed E-state index contributed by atoms with van der Waals surface area (Å²) in [6.45, 7) is 18.5. The Kier molecular flexibility index (Phi) is 11.1. The second-order valence-corrected chi connectivity index (χ2v) is 18.1. The van der Waals surface area contributed by atoms with Gasteiger partial charge in [0.2, 0.25) is 5.91 Å². The first-order chi connectivity index (χ1) is 23.2. The summed E-state index contributed by atoms with van der Waals surface area (Å²) in [6, 6.07) is 9.46. The van der Waals surface area contributed by atoms with Crippen LogP contribution < -0.4 is 0 Å². The average molecular weight is 757 g/mol. The maximum Gasteiger partial charge on any atom is 0.410 e. The number of ether oxygens (including phenoxy) is 1. The normalized spacial score (nSPS) is 23.5. The summed E-state index contributed by atoms with van der Waals surface area (Å²) < 4.78 is 6.60. The van der Waals surface area contributed by atoms with Crippen LogP contribution in [0.2, 0.25) is 5.02 Å². The van der Waals surface area contributed by atoms with Crippen LogP contribution in [0.5, 0.6) is 0 Å². The molecule has 8 nitrogen and oxygen atoms in total. The fourth-order valence-electron chi connectivity index (χ4n) is 8.48. The van der Waals surface area contributed by atoms with Crippen molar-refractivity contribution in [3.63, 3.8) is 0 Å². The average Bonchev–Trinajstić information content (AvgIpc) is 3.20. The Morgan fingerprint density at radius 2 is 1.59 bits per heavy atom. The highest BCUT2D eigenvalue weighted by Gasteiger charge is 2.42. The highest BCUT2D eigenvalue weighted by atomic mass is 79.9. The molecule has 0 radical (unpaired) electrons. The molecule has 0 spiro atoms. The number of aromatic nitrogens is 1. The number of piperidine rings is 2. The highest BCUT2D eigenvalue weighted by Crippen LogP contribution is 2.40. The van der Waals surface area contributed by atoms with Gasteiger partial charge in [0.15, 0.2) is 0 Å². The highest BCUT2D eigenvalue weighted by molar-refractivity contribution is 9.10. The van der Waals surface area contributed by atoms with Crippen LogP contribution in [-0.4, -0.2) is 100 Å². The van der Waals surface area contributed by atoms with E-state index in [0.29, 0.717) is 31.5 Å². The molecule has 10 heteroatoms. The molecular weight excluding hydrogens is 702 g/mol. The van der Waals surface area contributed by atoms with E-state index >= 15 is 0 Å². The van der Waals surface area contributed by atoms with Crippen molar-refractivity contribution >= 4 is 39.5 Å². The van der Waals surface area contributed by atoms with Crippen LogP contribution in [0.15, 0.2) is 34.9 Å². The predicted molar refractivity (Wildman–Crippen MR) is 199 cm³/mol. The summed E-state index contributed by atoms with van der Waals surface area (Å²) >= 11 is 10.1. The van der Waals surface area contributed by atoms with E-state index in [0.717, 1.165) is 80.7 Å². The Morgan fingerprint density at radius 1 is 0.898 bits per heavy atom. The van der Waals surface area contributed by atoms with Gasteiger partial charge >= 0.3 is 6.09 Å². The van der Waals surface area contributed by atoms with Crippen LogP contribution in [0.3, 0.4) is 0 Å². The molecule has 3 fully saturated rings. The minimum atomic E-state index is -0.497. The Labute approximate surface area is 307 Å². The SMILES string of the molecule is CC(C)(C)OC(=O)N1CCC(CC(=O)N2CCN(C3CCN(C4c5ccc(Cl)cc5CCc5cc(Br)cnc54)CC3)C[C@@H]2C(C)(C)C)CC1. The monoisotopic (exact) mass is 755 g/mol. The Balaban J connectivity index is 1.08. The quantitative estimate of drug-likeness (QED) is 0.318. The molecule has 2 atom stereocenters. The molecule has 3 saturated heterocycles. The van der Waals surface area contributed by atoms with Crippen LogP contribution in [-0.2, 0) is 22.4 Å². The Morgan fingerprint density at radius 3 is 2.27 bits per heavy atom. The first-order valence-corrected chi connectivity index (χ1v) is 19.5. The van der Waals surface area contributed by atoms with Gasteiger partial charge in [-0.05, 0) is 121 Å². The van der Waals surface area contributed by atoms with Gasteiger partial charge in [-0.1, -0.05) is 38.4 Å². The van der Waals surface area contributed by atoms with Crippen molar-refractivity contribution < 1.29 is 14.3 Å². The summed E-state index contributed by atoms with van der Waals surface area (Å²) in [5.41, 5.74) is 4.64. The van der Waals surface area contributed by atoms with Gasteiger partial charge in [-0.15, -0.1) is 0 Å². The van der Waals surface area contributed by atoms with E-state index in [1.165, 1.54) is 22.4 Å². The number of likely N-dealkylation sites (tertiary alicyclic amines) is 2. The molecule has 4 aliphatic rings. The summed E-state index contributed by atoms with van der Waals surface area (Å²) in [7, 11) is 0. The van der Waals surface area contributed by atoms with E-state index in [2.05, 4.69) is 69.6 Å². The third kappa shape index (κ3) is 8.65. The van der Waals surface area contributed by atoms with Crippen molar-refractivity contribution in [3.05, 3.63) is 62.3 Å². The smallest absolute Gasteiger partial charge is 0.410 e. The maximum absolute atomic E-state index is 13.9. The minimum Gasteiger partial charge on any atom is -0.444 e. The number of hydrogen-bond acceptors (Lipinski definition) is 6. The van der Waals surface area contributed by atoms with E-state index in [-0.39, 0.29) is 29.5 Å². The number of amides is 2. The number of halogens is 2. The van der Waals surface area contributed by atoms with Gasteiger partial charge in [-0.3, -0.25) is 19.6 Å². The number of pyridine rings is 1. The van der Waals surface area contributed by atoms with E-state index in [9.17, 15) is 9.59 Å². The third-order valence-electron chi connectivity index (χ3n) is 11.1. The van der Waals surface area contributed by atoms with Crippen LogP contribution in [0.1, 0.15) is 102 Å². The number of hydrogen-bond donors (Lipinski definition) is 0. The lowest BCUT2D eigenvalue weighted by Crippen LogP contribution is -2.62. The van der Waals surface area contributed by atoms with Gasteiger partial charge in [0.05, 0.1) is 11.7 Å². The molecule has 0 N–H and O–H groups in total. The van der Waals surface area contributed by atoms with Crippen molar-refractivity contribution in [3.8, 4) is 0 Å².